The van der Waals surface area contributed by atoms with Crippen LogP contribution in [0.5, 0.6) is 0 Å². The lowest BCUT2D eigenvalue weighted by molar-refractivity contribution is -0.00329. The zero-order chi connectivity index (χ0) is 19.2. The van der Waals surface area contributed by atoms with E-state index in [1.807, 2.05) is 20.8 Å². The van der Waals surface area contributed by atoms with Gasteiger partial charge in [-0.15, -0.1) is 0 Å². The number of ether oxygens (including phenoxy) is 1. The topological polar surface area (TPSA) is 64.4 Å². The van der Waals surface area contributed by atoms with E-state index in [0.29, 0.717) is 40.2 Å². The molecule has 1 aromatic carbocycles. The van der Waals surface area contributed by atoms with E-state index in [-0.39, 0.29) is 22.7 Å². The maximum absolute atomic E-state index is 12.5. The highest BCUT2D eigenvalue weighted by molar-refractivity contribution is 9.10. The van der Waals surface area contributed by atoms with Crippen LogP contribution in [0.3, 0.4) is 0 Å². The predicted molar refractivity (Wildman–Crippen MR) is 105 cm³/mol. The van der Waals surface area contributed by atoms with Gasteiger partial charge in [0.2, 0.25) is 0 Å². The molecular weight excluding hydrogens is 445 g/mol. The Hall–Kier alpha value is -1.31. The second kappa shape index (κ2) is 7.02. The van der Waals surface area contributed by atoms with Crippen molar-refractivity contribution in [2.75, 3.05) is 13.1 Å². The molecule has 26 heavy (non-hydrogen) atoms. The fraction of sp³-hybridized carbons (Fsp3) is 0.471. The number of rotatable bonds is 2. The third-order valence-electron chi connectivity index (χ3n) is 4.00. The number of hydrogen-bond donors (Lipinski definition) is 0. The largest absolute Gasteiger partial charge is 0.444 e. The molecule has 0 bridgehead atoms. The van der Waals surface area contributed by atoms with Crippen LogP contribution in [0.2, 0.25) is 10.2 Å². The highest BCUT2D eigenvalue weighted by atomic mass is 79.9. The van der Waals surface area contributed by atoms with Crippen LogP contribution in [-0.2, 0) is 11.3 Å². The Kier molecular flexibility index (Phi) is 5.25. The van der Waals surface area contributed by atoms with Crippen molar-refractivity contribution in [1.82, 2.24) is 14.5 Å². The van der Waals surface area contributed by atoms with E-state index in [1.54, 1.807) is 21.6 Å². The first kappa shape index (κ1) is 19.5. The first-order valence-electron chi connectivity index (χ1n) is 8.08. The lowest BCUT2D eigenvalue weighted by Gasteiger charge is -2.40. The number of likely N-dealkylation sites (tertiary alicyclic amines) is 1. The van der Waals surface area contributed by atoms with Crippen molar-refractivity contribution in [3.63, 3.8) is 0 Å². The van der Waals surface area contributed by atoms with Crippen molar-refractivity contribution in [2.24, 2.45) is 5.92 Å². The first-order chi connectivity index (χ1) is 12.0. The van der Waals surface area contributed by atoms with Crippen molar-refractivity contribution >= 4 is 56.3 Å². The van der Waals surface area contributed by atoms with Crippen molar-refractivity contribution in [2.45, 2.75) is 32.9 Å². The van der Waals surface area contributed by atoms with Gasteiger partial charge in [0, 0.05) is 30.0 Å². The minimum absolute atomic E-state index is 0.0879. The van der Waals surface area contributed by atoms with E-state index < -0.39 is 5.60 Å². The van der Waals surface area contributed by atoms with Crippen LogP contribution in [0, 0.1) is 5.92 Å². The molecule has 9 heteroatoms. The smallest absolute Gasteiger partial charge is 0.410 e. The van der Waals surface area contributed by atoms with E-state index in [4.69, 9.17) is 27.9 Å². The summed E-state index contributed by atoms with van der Waals surface area (Å²) in [5.74, 6) is 0.129. The summed E-state index contributed by atoms with van der Waals surface area (Å²) in [6.45, 7) is 6.95. The monoisotopic (exact) mass is 461 g/mol. The Labute approximate surface area is 169 Å². The van der Waals surface area contributed by atoms with E-state index in [9.17, 15) is 9.59 Å². The highest BCUT2D eigenvalue weighted by Crippen LogP contribution is 2.28. The molecule has 3 rings (SSSR count). The molecular formula is C17H18BrCl2N3O3. The van der Waals surface area contributed by atoms with Crippen LogP contribution in [0.1, 0.15) is 20.8 Å². The predicted octanol–water partition coefficient (Wildman–Crippen LogP) is 4.33. The molecule has 140 valence electrons. The summed E-state index contributed by atoms with van der Waals surface area (Å²) in [6, 6.07) is 3.42. The van der Waals surface area contributed by atoms with Gasteiger partial charge in [-0.1, -0.05) is 23.2 Å². The minimum Gasteiger partial charge on any atom is -0.444 e. The van der Waals surface area contributed by atoms with Crippen molar-refractivity contribution in [1.29, 1.82) is 0 Å². The van der Waals surface area contributed by atoms with Gasteiger partial charge >= 0.3 is 6.09 Å². The number of amides is 1. The molecule has 0 radical (unpaired) electrons. The molecule has 0 N–H and O–H groups in total. The summed E-state index contributed by atoms with van der Waals surface area (Å²) in [4.78, 5) is 30.3. The molecule has 0 aliphatic carbocycles. The summed E-state index contributed by atoms with van der Waals surface area (Å²) in [6.07, 6.45) is -0.342. The Bertz CT molecular complexity index is 933. The second-order valence-electron chi connectivity index (χ2n) is 7.32. The lowest BCUT2D eigenvalue weighted by Crippen LogP contribution is -2.53. The van der Waals surface area contributed by atoms with Crippen molar-refractivity contribution in [3.8, 4) is 0 Å². The molecule has 1 saturated heterocycles. The average Bonchev–Trinajstić information content (AvgIpc) is 2.46. The van der Waals surface area contributed by atoms with Gasteiger partial charge < -0.3 is 14.2 Å². The Morgan fingerprint density at radius 1 is 1.35 bits per heavy atom. The van der Waals surface area contributed by atoms with Gasteiger partial charge in [-0.2, -0.15) is 0 Å². The SMILES string of the molecule is CC(C)(C)OC(=O)N1CC(Cn2c(=O)c(Cl)nc3cc(Br)c(Cl)cc32)C1. The number of aromatic nitrogens is 2. The summed E-state index contributed by atoms with van der Waals surface area (Å²) in [5, 5.41) is 0.397. The van der Waals surface area contributed by atoms with E-state index >= 15 is 0 Å². The van der Waals surface area contributed by atoms with E-state index in [2.05, 4.69) is 20.9 Å². The summed E-state index contributed by atoms with van der Waals surface area (Å²) in [7, 11) is 0. The molecule has 0 spiro atoms. The average molecular weight is 463 g/mol. The molecule has 1 aliphatic rings. The maximum Gasteiger partial charge on any atom is 0.410 e. The van der Waals surface area contributed by atoms with Crippen LogP contribution in [0.4, 0.5) is 4.79 Å². The van der Waals surface area contributed by atoms with Gasteiger partial charge in [0.05, 0.1) is 16.1 Å². The molecule has 2 heterocycles. The third kappa shape index (κ3) is 4.00. The van der Waals surface area contributed by atoms with Crippen LogP contribution < -0.4 is 5.56 Å². The molecule has 1 fully saturated rings. The molecule has 0 saturated carbocycles. The molecule has 2 aromatic rings. The summed E-state index contributed by atoms with van der Waals surface area (Å²) >= 11 is 15.5. The fourth-order valence-electron chi connectivity index (χ4n) is 2.81. The van der Waals surface area contributed by atoms with Crippen LogP contribution >= 0.6 is 39.1 Å². The van der Waals surface area contributed by atoms with Crippen LogP contribution in [-0.4, -0.2) is 39.2 Å². The maximum atomic E-state index is 12.5. The number of carbonyl (C=O) groups is 1. The number of carbonyl (C=O) groups excluding carboxylic acids is 1. The zero-order valence-electron chi connectivity index (χ0n) is 14.6. The van der Waals surface area contributed by atoms with Gasteiger partial charge in [-0.05, 0) is 48.8 Å². The number of hydrogen-bond acceptors (Lipinski definition) is 4. The Balaban J connectivity index is 1.80. The van der Waals surface area contributed by atoms with Crippen LogP contribution in [0.15, 0.2) is 21.4 Å². The fourth-order valence-corrected chi connectivity index (χ4v) is 3.49. The normalized spacial score (nSPS) is 15.2. The van der Waals surface area contributed by atoms with Crippen molar-refractivity contribution in [3.05, 3.63) is 37.1 Å². The van der Waals surface area contributed by atoms with E-state index in [1.165, 1.54) is 0 Å². The van der Waals surface area contributed by atoms with Gasteiger partial charge in [0.25, 0.3) is 5.56 Å². The zero-order valence-corrected chi connectivity index (χ0v) is 17.7. The number of nitrogens with zero attached hydrogens (tertiary/aromatic N) is 3. The first-order valence-corrected chi connectivity index (χ1v) is 9.63. The number of halogens is 3. The second-order valence-corrected chi connectivity index (χ2v) is 8.94. The third-order valence-corrected chi connectivity index (χ3v) is 5.44. The quantitative estimate of drug-likeness (QED) is 0.666. The van der Waals surface area contributed by atoms with Gasteiger partial charge in [0.1, 0.15) is 5.60 Å². The summed E-state index contributed by atoms with van der Waals surface area (Å²) in [5.41, 5.74) is 0.295. The number of fused-ring (bicyclic) bond motifs is 1. The molecule has 6 nitrogen and oxygen atoms in total. The van der Waals surface area contributed by atoms with Crippen LogP contribution in [0.25, 0.3) is 11.0 Å². The minimum atomic E-state index is -0.530. The Morgan fingerprint density at radius 3 is 2.62 bits per heavy atom. The van der Waals surface area contributed by atoms with Gasteiger partial charge in [0.15, 0.2) is 5.15 Å². The number of benzene rings is 1. The van der Waals surface area contributed by atoms with Crippen molar-refractivity contribution < 1.29 is 9.53 Å². The molecule has 1 aliphatic heterocycles. The summed E-state index contributed by atoms with van der Waals surface area (Å²) < 4.78 is 7.60. The Morgan fingerprint density at radius 2 is 2.00 bits per heavy atom. The standard InChI is InChI=1S/C17H18BrCl2N3O3/c1-17(2,3)26-16(25)22-6-9(7-22)8-23-13-5-11(19)10(18)4-12(13)21-14(20)15(23)24/h4-5,9H,6-8H2,1-3H3. The van der Waals surface area contributed by atoms with Gasteiger partial charge in [-0.25, -0.2) is 9.78 Å². The van der Waals surface area contributed by atoms with E-state index in [0.717, 1.165) is 0 Å². The highest BCUT2D eigenvalue weighted by Gasteiger charge is 2.34. The molecule has 0 atom stereocenters. The molecule has 1 amide bonds. The molecule has 0 unspecified atom stereocenters. The van der Waals surface area contributed by atoms with Gasteiger partial charge in [-0.3, -0.25) is 4.79 Å². The lowest BCUT2D eigenvalue weighted by atomic mass is 10.0. The molecule has 1 aromatic heterocycles.